The fourth-order valence-corrected chi connectivity index (χ4v) is 0.846. The normalized spacial score (nSPS) is 10.8. The summed E-state index contributed by atoms with van der Waals surface area (Å²) in [5.41, 5.74) is 0. The number of nitrogens with zero attached hydrogens (tertiary/aromatic N) is 1. The van der Waals surface area contributed by atoms with Gasteiger partial charge in [-0.05, 0) is 12.6 Å². The molecule has 0 fully saturated rings. The molecule has 2 heteroatoms. The highest BCUT2D eigenvalue weighted by molar-refractivity contribution is 6.29. The molecule has 0 unspecified atom stereocenters. The minimum Gasteiger partial charge on any atom is -0.345 e. The second-order valence-corrected chi connectivity index (χ2v) is 2.18. The molecule has 1 nitrogen and oxygen atoms in total. The lowest BCUT2D eigenvalue weighted by Gasteiger charge is -2.21. The largest absolute Gasteiger partial charge is 0.345 e. The zero-order valence-electron chi connectivity index (χ0n) is 6.31. The average molecular weight is 112 g/mol. The van der Waals surface area contributed by atoms with E-state index in [1.807, 2.05) is 0 Å². The standard InChI is InChI=1S/C6H15BN/c1-5-8(7-4)6(2)3/h6H,5H2,1-4H3. The van der Waals surface area contributed by atoms with Crippen molar-refractivity contribution < 1.29 is 0 Å². The third-order valence-corrected chi connectivity index (χ3v) is 1.36. The van der Waals surface area contributed by atoms with Crippen LogP contribution in [0.5, 0.6) is 0 Å². The van der Waals surface area contributed by atoms with E-state index in [1.54, 1.807) is 0 Å². The van der Waals surface area contributed by atoms with Crippen LogP contribution < -0.4 is 0 Å². The predicted molar refractivity (Wildman–Crippen MR) is 39.1 cm³/mol. The van der Waals surface area contributed by atoms with Crippen molar-refractivity contribution in [2.24, 2.45) is 0 Å². The van der Waals surface area contributed by atoms with E-state index < -0.39 is 0 Å². The van der Waals surface area contributed by atoms with Gasteiger partial charge in [-0.25, -0.2) is 0 Å². The molecule has 0 aromatic heterocycles. The predicted octanol–water partition coefficient (Wildman–Crippen LogP) is 1.38. The fourth-order valence-electron chi connectivity index (χ4n) is 0.846. The first kappa shape index (κ1) is 8.02. The van der Waals surface area contributed by atoms with Crippen LogP contribution in [0.3, 0.4) is 0 Å². The van der Waals surface area contributed by atoms with Gasteiger partial charge in [-0.3, -0.25) is 0 Å². The lowest BCUT2D eigenvalue weighted by atomic mass is 9.94. The summed E-state index contributed by atoms with van der Waals surface area (Å²) >= 11 is 0. The van der Waals surface area contributed by atoms with Gasteiger partial charge >= 0.3 is 0 Å². The Hall–Kier alpha value is 0.0249. The van der Waals surface area contributed by atoms with E-state index in [2.05, 4.69) is 39.8 Å². The first-order chi connectivity index (χ1) is 3.72. The summed E-state index contributed by atoms with van der Waals surface area (Å²) in [5.74, 6) is 0. The minimum absolute atomic E-state index is 0.657. The van der Waals surface area contributed by atoms with Gasteiger partial charge in [0.05, 0.1) is 0 Å². The van der Waals surface area contributed by atoms with E-state index in [4.69, 9.17) is 0 Å². The van der Waals surface area contributed by atoms with Crippen LogP contribution in [0.4, 0.5) is 0 Å². The summed E-state index contributed by atoms with van der Waals surface area (Å²) in [6.07, 6.45) is 0. The van der Waals surface area contributed by atoms with Crippen LogP contribution in [0.1, 0.15) is 20.8 Å². The molecule has 0 aliphatic carbocycles. The molecule has 1 radical (unpaired) electrons. The molecule has 0 saturated carbocycles. The zero-order valence-corrected chi connectivity index (χ0v) is 6.31. The Morgan fingerprint density at radius 3 is 2.00 bits per heavy atom. The number of hydrogen-bond donors (Lipinski definition) is 0. The summed E-state index contributed by atoms with van der Waals surface area (Å²) in [4.78, 5) is 2.29. The Morgan fingerprint density at radius 2 is 2.00 bits per heavy atom. The van der Waals surface area contributed by atoms with Crippen molar-refractivity contribution in [3.05, 3.63) is 0 Å². The van der Waals surface area contributed by atoms with Crippen molar-refractivity contribution in [2.45, 2.75) is 33.6 Å². The van der Waals surface area contributed by atoms with Crippen LogP contribution in [-0.2, 0) is 0 Å². The van der Waals surface area contributed by atoms with E-state index in [-0.39, 0.29) is 0 Å². The van der Waals surface area contributed by atoms with Crippen LogP contribution in [0.25, 0.3) is 0 Å². The van der Waals surface area contributed by atoms with Gasteiger partial charge in [0.25, 0.3) is 0 Å². The maximum atomic E-state index is 2.29. The van der Waals surface area contributed by atoms with Gasteiger partial charge in [-0.15, -0.1) is 0 Å². The van der Waals surface area contributed by atoms with Crippen LogP contribution in [-0.4, -0.2) is 24.8 Å². The Kier molecular flexibility index (Phi) is 3.97. The maximum Gasteiger partial charge on any atom is 0.205 e. The van der Waals surface area contributed by atoms with Crippen molar-refractivity contribution in [3.63, 3.8) is 0 Å². The Bertz CT molecular complexity index is 50.5. The van der Waals surface area contributed by atoms with Gasteiger partial charge in [0.2, 0.25) is 7.41 Å². The Morgan fingerprint density at radius 1 is 1.50 bits per heavy atom. The summed E-state index contributed by atoms with van der Waals surface area (Å²) in [7, 11) is 2.13. The van der Waals surface area contributed by atoms with Crippen molar-refractivity contribution in [3.8, 4) is 0 Å². The molecule has 0 bridgehead atoms. The van der Waals surface area contributed by atoms with E-state index in [0.29, 0.717) is 6.04 Å². The fraction of sp³-hybridized carbons (Fsp3) is 1.00. The Labute approximate surface area is 53.3 Å². The highest BCUT2D eigenvalue weighted by atomic mass is 15.1. The van der Waals surface area contributed by atoms with Crippen molar-refractivity contribution >= 4 is 7.41 Å². The number of rotatable bonds is 3. The average Bonchev–Trinajstić information content (AvgIpc) is 1.69. The molecule has 0 aliphatic rings. The second-order valence-electron chi connectivity index (χ2n) is 2.18. The molecule has 0 rings (SSSR count). The molecule has 47 valence electrons. The monoisotopic (exact) mass is 112 g/mol. The molecule has 0 saturated heterocycles. The molecule has 0 N–H and O–H groups in total. The van der Waals surface area contributed by atoms with Gasteiger partial charge in [-0.2, -0.15) is 0 Å². The molecule has 0 amide bonds. The third-order valence-electron chi connectivity index (χ3n) is 1.36. The number of hydrogen-bond acceptors (Lipinski definition) is 1. The topological polar surface area (TPSA) is 3.24 Å². The second kappa shape index (κ2) is 3.96. The molecule has 0 atom stereocenters. The van der Waals surface area contributed by atoms with Crippen LogP contribution >= 0.6 is 0 Å². The van der Waals surface area contributed by atoms with Crippen molar-refractivity contribution in [2.75, 3.05) is 6.54 Å². The quantitative estimate of drug-likeness (QED) is 0.498. The maximum absolute atomic E-state index is 2.29. The minimum atomic E-state index is 0.657. The summed E-state index contributed by atoms with van der Waals surface area (Å²) in [6, 6.07) is 0.657. The van der Waals surface area contributed by atoms with E-state index >= 15 is 0 Å². The van der Waals surface area contributed by atoms with Gasteiger partial charge in [0, 0.05) is 0 Å². The van der Waals surface area contributed by atoms with Crippen LogP contribution in [0.2, 0.25) is 6.82 Å². The molecule has 0 heterocycles. The molecule has 0 aromatic carbocycles. The van der Waals surface area contributed by atoms with Crippen LogP contribution in [0.15, 0.2) is 0 Å². The molecule has 8 heavy (non-hydrogen) atoms. The molecular weight excluding hydrogens is 96.9 g/mol. The van der Waals surface area contributed by atoms with E-state index in [9.17, 15) is 0 Å². The third kappa shape index (κ3) is 2.36. The zero-order chi connectivity index (χ0) is 6.57. The highest BCUT2D eigenvalue weighted by Gasteiger charge is 2.01. The first-order valence-corrected chi connectivity index (χ1v) is 3.27. The van der Waals surface area contributed by atoms with Crippen molar-refractivity contribution in [1.82, 2.24) is 4.81 Å². The summed E-state index contributed by atoms with van der Waals surface area (Å²) < 4.78 is 0. The smallest absolute Gasteiger partial charge is 0.205 e. The van der Waals surface area contributed by atoms with Gasteiger partial charge in [-0.1, -0.05) is 27.6 Å². The van der Waals surface area contributed by atoms with E-state index in [1.165, 1.54) is 0 Å². The van der Waals surface area contributed by atoms with Gasteiger partial charge < -0.3 is 4.81 Å². The SMILES string of the molecule is C[B]N(CC)C(C)C. The van der Waals surface area contributed by atoms with Gasteiger partial charge in [0.15, 0.2) is 0 Å². The van der Waals surface area contributed by atoms with E-state index in [0.717, 1.165) is 6.54 Å². The molecule has 0 aromatic rings. The highest BCUT2D eigenvalue weighted by Crippen LogP contribution is 1.92. The lowest BCUT2D eigenvalue weighted by molar-refractivity contribution is 0.391. The lowest BCUT2D eigenvalue weighted by Crippen LogP contribution is -2.32. The summed E-state index contributed by atoms with van der Waals surface area (Å²) in [5, 5.41) is 0. The molecule has 0 spiro atoms. The van der Waals surface area contributed by atoms with Crippen molar-refractivity contribution in [1.29, 1.82) is 0 Å². The molecular formula is C6H15BN. The molecule has 0 aliphatic heterocycles. The van der Waals surface area contributed by atoms with Gasteiger partial charge in [0.1, 0.15) is 0 Å². The Balaban J connectivity index is 3.35. The summed E-state index contributed by atoms with van der Waals surface area (Å²) in [6.45, 7) is 9.75. The van der Waals surface area contributed by atoms with Crippen LogP contribution in [0, 0.1) is 0 Å². The first-order valence-electron chi connectivity index (χ1n) is 3.27.